The first-order valence-electron chi connectivity index (χ1n) is 5.23. The first kappa shape index (κ1) is 7.00. The number of hydrogen-bond acceptors (Lipinski definition) is 0. The normalized spacial score (nSPS) is 60.3. The van der Waals surface area contributed by atoms with E-state index in [1.165, 1.54) is 17.8 Å². The zero-order valence-corrected chi connectivity index (χ0v) is 9.57. The molecule has 0 aromatic rings. The van der Waals surface area contributed by atoms with Crippen molar-refractivity contribution in [2.75, 3.05) is 0 Å². The summed E-state index contributed by atoms with van der Waals surface area (Å²) in [6.07, 6.45) is 4.91. The van der Waals surface area contributed by atoms with E-state index in [0.29, 0.717) is 0 Å². The van der Waals surface area contributed by atoms with E-state index >= 15 is 0 Å². The summed E-state index contributed by atoms with van der Waals surface area (Å²) in [5.74, 6) is 6.41. The average Bonchev–Trinajstić information content (AvgIpc) is 1.79. The third-order valence-electron chi connectivity index (χ3n) is 4.34. The van der Waals surface area contributed by atoms with E-state index in [4.69, 9.17) is 0 Å². The quantitative estimate of drug-likeness (QED) is 0.539. The molecule has 0 aromatic heterocycles. The molecule has 4 fully saturated rings. The van der Waals surface area contributed by atoms with Crippen LogP contribution < -0.4 is 0 Å². The van der Waals surface area contributed by atoms with Gasteiger partial charge in [-0.3, -0.25) is 0 Å². The van der Waals surface area contributed by atoms with E-state index < -0.39 is 13.3 Å². The summed E-state index contributed by atoms with van der Waals surface area (Å²) in [5, 5.41) is 5.27. The molecular weight excluding hydrogens is 193 g/mol. The van der Waals surface area contributed by atoms with Crippen molar-refractivity contribution < 1.29 is 0 Å². The number of hydrogen-bond donors (Lipinski definition) is 0. The molecule has 0 amide bonds. The fourth-order valence-electron chi connectivity index (χ4n) is 4.54. The van der Waals surface area contributed by atoms with Gasteiger partial charge in [0.15, 0.2) is 0 Å². The predicted octanol–water partition coefficient (Wildman–Crippen LogP) is 3.12. The Balaban J connectivity index is 1.94. The first-order chi connectivity index (χ1) is 5.23. The second-order valence-electron chi connectivity index (χ2n) is 5.73. The van der Waals surface area contributed by atoms with E-state index in [9.17, 15) is 0 Å². The van der Waals surface area contributed by atoms with Crippen molar-refractivity contribution in [3.05, 3.63) is 0 Å². The Bertz CT molecular complexity index is 150. The van der Waals surface area contributed by atoms with Gasteiger partial charge in [0.05, 0.1) is 0 Å². The van der Waals surface area contributed by atoms with Gasteiger partial charge in [-0.25, -0.2) is 0 Å². The van der Waals surface area contributed by atoms with Gasteiger partial charge in [0.2, 0.25) is 0 Å². The van der Waals surface area contributed by atoms with Crippen molar-refractivity contribution in [1.82, 2.24) is 0 Å². The van der Waals surface area contributed by atoms with Gasteiger partial charge in [0.25, 0.3) is 0 Å². The molecule has 11 heavy (non-hydrogen) atoms. The summed E-state index contributed by atoms with van der Waals surface area (Å²) >= 11 is -1.09. The topological polar surface area (TPSA) is 0 Å². The van der Waals surface area contributed by atoms with Crippen LogP contribution in [0.15, 0.2) is 0 Å². The Kier molecular flexibility index (Phi) is 1.32. The summed E-state index contributed by atoms with van der Waals surface area (Å²) in [6.45, 7) is 0. The van der Waals surface area contributed by atoms with Crippen molar-refractivity contribution in [1.29, 1.82) is 0 Å². The third kappa shape index (κ3) is 1.01. The van der Waals surface area contributed by atoms with E-state index in [2.05, 4.69) is 5.76 Å². The minimum atomic E-state index is -1.09. The van der Waals surface area contributed by atoms with E-state index in [0.717, 1.165) is 0 Å². The Labute approximate surface area is 72.1 Å². The molecule has 4 rings (SSSR count). The van der Waals surface area contributed by atoms with Gasteiger partial charge in [-0.1, -0.05) is 0 Å². The van der Waals surface area contributed by atoms with Gasteiger partial charge in [-0.05, 0) is 0 Å². The summed E-state index contributed by atoms with van der Waals surface area (Å²) < 4.78 is 0. The molecular formula is C10H18Ge. The zero-order chi connectivity index (χ0) is 7.47. The molecule has 62 valence electrons. The fraction of sp³-hybridized carbons (Fsp3) is 1.00. The SMILES string of the molecule is [CH3][Ge]12[CH2]C3CC(CC(C3)[CH2]1)[CH2]2. The summed E-state index contributed by atoms with van der Waals surface area (Å²) in [7, 11) is 0. The molecule has 0 atom stereocenters. The molecule has 0 spiro atoms. The van der Waals surface area contributed by atoms with Crippen molar-refractivity contribution in [3.63, 3.8) is 0 Å². The van der Waals surface area contributed by atoms with Crippen LogP contribution in [0.4, 0.5) is 0 Å². The third-order valence-corrected chi connectivity index (χ3v) is 14.2. The standard InChI is InChI=1S/C10H18Ge/c1-11-5-8-2-9(6-11)4-10(3-8)7-11/h8-10H,2-7H2,1H3. The summed E-state index contributed by atoms with van der Waals surface area (Å²) in [4.78, 5) is 0. The molecule has 3 saturated heterocycles. The molecule has 0 unspecified atom stereocenters. The van der Waals surface area contributed by atoms with Crippen LogP contribution in [0.5, 0.6) is 0 Å². The first-order valence-corrected chi connectivity index (χ1v) is 11.8. The monoisotopic (exact) mass is 212 g/mol. The Morgan fingerprint density at radius 1 is 0.818 bits per heavy atom. The van der Waals surface area contributed by atoms with Gasteiger partial charge < -0.3 is 0 Å². The minimum absolute atomic E-state index is 1.09. The van der Waals surface area contributed by atoms with Gasteiger partial charge in [0, 0.05) is 0 Å². The van der Waals surface area contributed by atoms with Crippen LogP contribution in [0.2, 0.25) is 21.5 Å². The molecule has 0 radical (unpaired) electrons. The molecule has 1 saturated carbocycles. The molecule has 3 heterocycles. The van der Waals surface area contributed by atoms with E-state index in [1.807, 2.05) is 0 Å². The van der Waals surface area contributed by atoms with Crippen LogP contribution in [-0.4, -0.2) is 13.3 Å². The Morgan fingerprint density at radius 3 is 1.45 bits per heavy atom. The predicted molar refractivity (Wildman–Crippen MR) is 50.4 cm³/mol. The van der Waals surface area contributed by atoms with E-state index in [1.54, 1.807) is 35.0 Å². The molecule has 1 aliphatic carbocycles. The van der Waals surface area contributed by atoms with Crippen LogP contribution in [0, 0.1) is 17.8 Å². The maximum absolute atomic E-state index is 2.73. The van der Waals surface area contributed by atoms with Crippen molar-refractivity contribution in [2.24, 2.45) is 17.8 Å². The Hall–Kier alpha value is 0.543. The van der Waals surface area contributed by atoms with Crippen molar-refractivity contribution >= 4 is 13.3 Å². The summed E-state index contributed by atoms with van der Waals surface area (Å²) in [6, 6.07) is 0. The van der Waals surface area contributed by atoms with Crippen LogP contribution in [0.3, 0.4) is 0 Å². The van der Waals surface area contributed by atoms with Gasteiger partial charge >= 0.3 is 71.8 Å². The van der Waals surface area contributed by atoms with Crippen LogP contribution in [-0.2, 0) is 0 Å². The van der Waals surface area contributed by atoms with Crippen LogP contribution >= 0.6 is 0 Å². The fourth-order valence-corrected chi connectivity index (χ4v) is 16.5. The van der Waals surface area contributed by atoms with Crippen molar-refractivity contribution in [3.8, 4) is 0 Å². The second-order valence-corrected chi connectivity index (χ2v) is 15.9. The van der Waals surface area contributed by atoms with Crippen LogP contribution in [0.1, 0.15) is 19.3 Å². The molecule has 0 nitrogen and oxygen atoms in total. The molecule has 3 aliphatic heterocycles. The second kappa shape index (κ2) is 2.07. The molecule has 0 aromatic carbocycles. The van der Waals surface area contributed by atoms with E-state index in [-0.39, 0.29) is 0 Å². The maximum atomic E-state index is 2.73. The zero-order valence-electron chi connectivity index (χ0n) is 7.47. The van der Waals surface area contributed by atoms with Crippen LogP contribution in [0.25, 0.3) is 0 Å². The molecule has 0 N–H and O–H groups in total. The van der Waals surface area contributed by atoms with Gasteiger partial charge in [-0.15, -0.1) is 0 Å². The van der Waals surface area contributed by atoms with Gasteiger partial charge in [0.1, 0.15) is 0 Å². The molecule has 4 aliphatic rings. The van der Waals surface area contributed by atoms with Crippen molar-refractivity contribution in [2.45, 2.75) is 40.8 Å². The molecule has 4 bridgehead atoms. The number of rotatable bonds is 0. The Morgan fingerprint density at radius 2 is 1.18 bits per heavy atom. The average molecular weight is 211 g/mol. The molecule has 1 heteroatoms. The summed E-state index contributed by atoms with van der Waals surface area (Å²) in [5.41, 5.74) is 0. The van der Waals surface area contributed by atoms with Gasteiger partial charge in [-0.2, -0.15) is 0 Å².